The average Bonchev–Trinajstić information content (AvgIpc) is 2.80. The van der Waals surface area contributed by atoms with Crippen molar-refractivity contribution in [3.05, 3.63) is 52.5 Å². The summed E-state index contributed by atoms with van der Waals surface area (Å²) in [6.07, 6.45) is 0. The fourth-order valence-electron chi connectivity index (χ4n) is 3.56. The molecule has 9 heteroatoms. The maximum absolute atomic E-state index is 12.5. The molecule has 0 unspecified atom stereocenters. The van der Waals surface area contributed by atoms with Crippen molar-refractivity contribution in [3.8, 4) is 5.75 Å². The zero-order valence-electron chi connectivity index (χ0n) is 19.1. The van der Waals surface area contributed by atoms with Crippen molar-refractivity contribution >= 4 is 56.4 Å². The molecule has 3 rings (SSSR count). The lowest BCUT2D eigenvalue weighted by Crippen LogP contribution is -2.49. The van der Waals surface area contributed by atoms with Crippen LogP contribution in [0.3, 0.4) is 0 Å². The van der Waals surface area contributed by atoms with Crippen LogP contribution in [0.1, 0.15) is 31.1 Å². The molecule has 0 aromatic heterocycles. The number of thiocarbonyl (C=S) groups is 1. The van der Waals surface area contributed by atoms with Gasteiger partial charge in [0.1, 0.15) is 5.75 Å². The highest BCUT2D eigenvalue weighted by molar-refractivity contribution is 9.10. The van der Waals surface area contributed by atoms with Gasteiger partial charge in [-0.05, 0) is 77.5 Å². The van der Waals surface area contributed by atoms with E-state index in [0.29, 0.717) is 22.4 Å². The largest absolute Gasteiger partial charge is 0.493 e. The molecular weight excluding hydrogens is 504 g/mol. The lowest BCUT2D eigenvalue weighted by Gasteiger charge is -2.37. The van der Waals surface area contributed by atoms with Crippen molar-refractivity contribution in [2.24, 2.45) is 5.92 Å². The van der Waals surface area contributed by atoms with E-state index in [4.69, 9.17) is 17.0 Å². The molecule has 33 heavy (non-hydrogen) atoms. The molecule has 0 spiro atoms. The molecule has 1 aliphatic heterocycles. The Morgan fingerprint density at radius 3 is 2.33 bits per heavy atom. The van der Waals surface area contributed by atoms with Crippen molar-refractivity contribution < 1.29 is 14.3 Å². The topological polar surface area (TPSA) is 73.9 Å². The highest BCUT2D eigenvalue weighted by Crippen LogP contribution is 2.26. The fraction of sp³-hybridized carbons (Fsp3) is 0.375. The SMILES string of the molecule is CCOc1ccc(C(=O)NC(=S)Nc2ccc(N3CCN(C(=O)C(C)C)CC3)cc2)cc1Br. The summed E-state index contributed by atoms with van der Waals surface area (Å²) in [6, 6.07) is 13.0. The number of piperazine rings is 1. The van der Waals surface area contributed by atoms with Gasteiger partial charge in [-0.15, -0.1) is 0 Å². The van der Waals surface area contributed by atoms with Gasteiger partial charge in [-0.3, -0.25) is 14.9 Å². The predicted octanol–water partition coefficient (Wildman–Crippen LogP) is 4.28. The second kappa shape index (κ2) is 11.5. The number of hydrogen-bond acceptors (Lipinski definition) is 5. The van der Waals surface area contributed by atoms with Crippen molar-refractivity contribution in [2.75, 3.05) is 43.0 Å². The van der Waals surface area contributed by atoms with Crippen LogP contribution in [0, 0.1) is 5.92 Å². The van der Waals surface area contributed by atoms with Crippen molar-refractivity contribution in [1.82, 2.24) is 10.2 Å². The first-order valence-corrected chi connectivity index (χ1v) is 12.2. The van der Waals surface area contributed by atoms with Crippen LogP contribution in [0.25, 0.3) is 0 Å². The Morgan fingerprint density at radius 1 is 1.09 bits per heavy atom. The predicted molar refractivity (Wildman–Crippen MR) is 139 cm³/mol. The maximum Gasteiger partial charge on any atom is 0.257 e. The smallest absolute Gasteiger partial charge is 0.257 e. The minimum Gasteiger partial charge on any atom is -0.493 e. The number of ether oxygens (including phenoxy) is 1. The summed E-state index contributed by atoms with van der Waals surface area (Å²) in [5, 5.41) is 5.96. The van der Waals surface area contributed by atoms with Crippen LogP contribution in [0.2, 0.25) is 0 Å². The van der Waals surface area contributed by atoms with Gasteiger partial charge in [-0.1, -0.05) is 13.8 Å². The van der Waals surface area contributed by atoms with E-state index in [1.807, 2.05) is 49.9 Å². The lowest BCUT2D eigenvalue weighted by atomic mass is 10.1. The summed E-state index contributed by atoms with van der Waals surface area (Å²) in [6.45, 7) is 9.39. The van der Waals surface area contributed by atoms with Gasteiger partial charge in [-0.25, -0.2) is 0 Å². The Labute approximate surface area is 208 Å². The summed E-state index contributed by atoms with van der Waals surface area (Å²) in [5.41, 5.74) is 2.34. The van der Waals surface area contributed by atoms with Crippen LogP contribution in [-0.2, 0) is 4.79 Å². The number of carbonyl (C=O) groups excluding carboxylic acids is 2. The second-order valence-electron chi connectivity index (χ2n) is 8.00. The molecule has 1 aliphatic rings. The number of hydrogen-bond donors (Lipinski definition) is 2. The summed E-state index contributed by atoms with van der Waals surface area (Å²) in [4.78, 5) is 28.9. The quantitative estimate of drug-likeness (QED) is 0.541. The first-order chi connectivity index (χ1) is 15.8. The summed E-state index contributed by atoms with van der Waals surface area (Å²) >= 11 is 8.72. The molecule has 0 bridgehead atoms. The summed E-state index contributed by atoms with van der Waals surface area (Å²) in [7, 11) is 0. The molecule has 0 saturated carbocycles. The molecule has 1 heterocycles. The van der Waals surface area contributed by atoms with Gasteiger partial charge in [-0.2, -0.15) is 0 Å². The van der Waals surface area contributed by atoms with Gasteiger partial charge < -0.3 is 19.9 Å². The molecule has 1 saturated heterocycles. The van der Waals surface area contributed by atoms with Gasteiger partial charge in [0, 0.05) is 49.0 Å². The van der Waals surface area contributed by atoms with Gasteiger partial charge in [0.25, 0.3) is 5.91 Å². The number of nitrogens with zero attached hydrogens (tertiary/aromatic N) is 2. The first kappa shape index (κ1) is 25.0. The van der Waals surface area contributed by atoms with Crippen molar-refractivity contribution in [2.45, 2.75) is 20.8 Å². The number of amides is 2. The number of carbonyl (C=O) groups is 2. The molecule has 1 fully saturated rings. The number of nitrogens with one attached hydrogen (secondary N) is 2. The number of rotatable bonds is 6. The monoisotopic (exact) mass is 532 g/mol. The Kier molecular flexibility index (Phi) is 8.68. The highest BCUT2D eigenvalue weighted by Gasteiger charge is 2.23. The standard InChI is InChI=1S/C24H29BrN4O3S/c1-4-32-21-10-5-17(15-20(21)25)22(30)27-24(33)26-18-6-8-19(9-7-18)28-11-13-29(14-12-28)23(31)16(2)3/h5-10,15-16H,4,11-14H2,1-3H3,(H2,26,27,30,33). The Hall–Kier alpha value is -2.65. The summed E-state index contributed by atoms with van der Waals surface area (Å²) < 4.78 is 6.18. The Bertz CT molecular complexity index is 1010. The van der Waals surface area contributed by atoms with Crippen molar-refractivity contribution in [1.29, 1.82) is 0 Å². The molecule has 0 atom stereocenters. The van der Waals surface area contributed by atoms with E-state index in [1.165, 1.54) is 0 Å². The van der Waals surface area contributed by atoms with E-state index >= 15 is 0 Å². The summed E-state index contributed by atoms with van der Waals surface area (Å²) in [5.74, 6) is 0.619. The first-order valence-electron chi connectivity index (χ1n) is 11.0. The van der Waals surface area contributed by atoms with E-state index in [-0.39, 0.29) is 22.8 Å². The lowest BCUT2D eigenvalue weighted by molar-refractivity contribution is -0.134. The molecule has 0 radical (unpaired) electrons. The van der Waals surface area contributed by atoms with Crippen molar-refractivity contribution in [3.63, 3.8) is 0 Å². The van der Waals surface area contributed by atoms with Gasteiger partial charge >= 0.3 is 0 Å². The normalized spacial score (nSPS) is 13.6. The van der Waals surface area contributed by atoms with E-state index in [1.54, 1.807) is 18.2 Å². The van der Waals surface area contributed by atoms with Gasteiger partial charge in [0.2, 0.25) is 5.91 Å². The molecule has 2 amide bonds. The van der Waals surface area contributed by atoms with Crippen LogP contribution in [0.5, 0.6) is 5.75 Å². The van der Waals surface area contributed by atoms with Gasteiger partial charge in [0.15, 0.2) is 5.11 Å². The molecule has 7 nitrogen and oxygen atoms in total. The van der Waals surface area contributed by atoms with Crippen LogP contribution >= 0.6 is 28.1 Å². The van der Waals surface area contributed by atoms with E-state index in [9.17, 15) is 9.59 Å². The van der Waals surface area contributed by atoms with Crippen LogP contribution < -0.4 is 20.3 Å². The average molecular weight is 533 g/mol. The van der Waals surface area contributed by atoms with Gasteiger partial charge in [0.05, 0.1) is 11.1 Å². The van der Waals surface area contributed by atoms with E-state index < -0.39 is 0 Å². The molecule has 0 aliphatic carbocycles. The fourth-order valence-corrected chi connectivity index (χ4v) is 4.26. The Morgan fingerprint density at radius 2 is 1.76 bits per heavy atom. The zero-order valence-corrected chi connectivity index (χ0v) is 21.5. The van der Waals surface area contributed by atoms with E-state index in [0.717, 1.165) is 37.6 Å². The minimum absolute atomic E-state index is 0.0298. The van der Waals surface area contributed by atoms with E-state index in [2.05, 4.69) is 31.5 Å². The number of benzene rings is 2. The molecular formula is C24H29BrN4O3S. The molecule has 2 aromatic carbocycles. The number of halogens is 1. The van der Waals surface area contributed by atoms with Crippen LogP contribution in [0.15, 0.2) is 46.9 Å². The third kappa shape index (κ3) is 6.68. The minimum atomic E-state index is -0.304. The number of anilines is 2. The molecule has 176 valence electrons. The third-order valence-electron chi connectivity index (χ3n) is 5.30. The molecule has 2 aromatic rings. The Balaban J connectivity index is 1.51. The van der Waals surface area contributed by atoms with Crippen LogP contribution in [0.4, 0.5) is 11.4 Å². The van der Waals surface area contributed by atoms with Crippen LogP contribution in [-0.4, -0.2) is 54.6 Å². The second-order valence-corrected chi connectivity index (χ2v) is 9.26. The zero-order chi connectivity index (χ0) is 24.0. The maximum atomic E-state index is 12.5. The highest BCUT2D eigenvalue weighted by atomic mass is 79.9. The third-order valence-corrected chi connectivity index (χ3v) is 6.12. The molecule has 2 N–H and O–H groups in total.